The second-order valence-electron chi connectivity index (χ2n) is 5.06. The Balaban J connectivity index is 2.43. The van der Waals surface area contributed by atoms with E-state index in [1.807, 2.05) is 0 Å². The van der Waals surface area contributed by atoms with E-state index in [0.29, 0.717) is 6.07 Å². The molecule has 0 unspecified atom stereocenters. The zero-order valence-electron chi connectivity index (χ0n) is 13.1. The van der Waals surface area contributed by atoms with Gasteiger partial charge in [0.15, 0.2) is 11.0 Å². The predicted molar refractivity (Wildman–Crippen MR) is 85.5 cm³/mol. The summed E-state index contributed by atoms with van der Waals surface area (Å²) in [6.07, 6.45) is -4.68. The summed E-state index contributed by atoms with van der Waals surface area (Å²) in [6.45, 7) is 1.15. The van der Waals surface area contributed by atoms with E-state index in [0.717, 1.165) is 24.0 Å². The molecule has 0 saturated carbocycles. The maximum atomic E-state index is 13.0. The Bertz CT molecular complexity index is 809. The summed E-state index contributed by atoms with van der Waals surface area (Å²) in [5.41, 5.74) is -1.46. The third-order valence-electron chi connectivity index (χ3n) is 3.09. The molecular weight excluding hydrogens is 361 g/mol. The van der Waals surface area contributed by atoms with E-state index in [2.05, 4.69) is 15.5 Å². The van der Waals surface area contributed by atoms with Crippen LogP contribution < -0.4 is 10.2 Å². The van der Waals surface area contributed by atoms with Gasteiger partial charge >= 0.3 is 6.18 Å². The van der Waals surface area contributed by atoms with Crippen LogP contribution in [0.25, 0.3) is 0 Å². The number of aromatic nitrogens is 2. The highest BCUT2D eigenvalue weighted by Crippen LogP contribution is 2.32. The third kappa shape index (κ3) is 4.66. The highest BCUT2D eigenvalue weighted by atomic mass is 35.5. The van der Waals surface area contributed by atoms with Crippen molar-refractivity contribution >= 4 is 34.9 Å². The molecule has 10 heteroatoms. The van der Waals surface area contributed by atoms with E-state index >= 15 is 0 Å². The zero-order chi connectivity index (χ0) is 18.8. The number of benzene rings is 1. The Morgan fingerprint density at radius 1 is 1.16 bits per heavy atom. The molecule has 0 fully saturated rings. The van der Waals surface area contributed by atoms with E-state index in [1.165, 1.54) is 19.2 Å². The summed E-state index contributed by atoms with van der Waals surface area (Å²) in [4.78, 5) is 24.6. The highest BCUT2D eigenvalue weighted by Gasteiger charge is 2.32. The number of hydrogen-bond acceptors (Lipinski definition) is 4. The molecule has 0 atom stereocenters. The van der Waals surface area contributed by atoms with Crippen molar-refractivity contribution in [3.05, 3.63) is 46.6 Å². The summed E-state index contributed by atoms with van der Waals surface area (Å²) < 4.78 is 39.1. The SMILES string of the molecule is CC(=O)Nc1cc(C(=O)N(C)c2ccc(Cl)nn2)cc(C(F)(F)F)c1. The highest BCUT2D eigenvalue weighted by molar-refractivity contribution is 6.29. The van der Waals surface area contributed by atoms with Crippen LogP contribution in [0.4, 0.5) is 24.7 Å². The summed E-state index contributed by atoms with van der Waals surface area (Å²) in [6, 6.07) is 5.39. The maximum absolute atomic E-state index is 13.0. The van der Waals surface area contributed by atoms with E-state index < -0.39 is 23.6 Å². The van der Waals surface area contributed by atoms with Crippen LogP contribution in [0.2, 0.25) is 5.15 Å². The first-order chi connectivity index (χ1) is 11.6. The van der Waals surface area contributed by atoms with Crippen molar-refractivity contribution in [1.82, 2.24) is 10.2 Å². The molecule has 1 aromatic carbocycles. The van der Waals surface area contributed by atoms with Gasteiger partial charge < -0.3 is 5.32 Å². The van der Waals surface area contributed by atoms with Crippen LogP contribution in [0, 0.1) is 0 Å². The largest absolute Gasteiger partial charge is 0.416 e. The van der Waals surface area contributed by atoms with Gasteiger partial charge in [-0.25, -0.2) is 0 Å². The van der Waals surface area contributed by atoms with Gasteiger partial charge in [0.1, 0.15) is 0 Å². The molecule has 1 heterocycles. The third-order valence-corrected chi connectivity index (χ3v) is 3.30. The lowest BCUT2D eigenvalue weighted by Gasteiger charge is -2.18. The molecule has 1 aromatic heterocycles. The molecule has 0 bridgehead atoms. The minimum atomic E-state index is -4.68. The molecule has 132 valence electrons. The van der Waals surface area contributed by atoms with Crippen molar-refractivity contribution in [3.63, 3.8) is 0 Å². The van der Waals surface area contributed by atoms with Crippen LogP contribution >= 0.6 is 11.6 Å². The van der Waals surface area contributed by atoms with Crippen molar-refractivity contribution < 1.29 is 22.8 Å². The number of anilines is 2. The Labute approximate surface area is 145 Å². The summed E-state index contributed by atoms with van der Waals surface area (Å²) in [5.74, 6) is -1.21. The molecule has 0 aliphatic heterocycles. The minimum absolute atomic E-state index is 0.105. The smallest absolute Gasteiger partial charge is 0.326 e. The van der Waals surface area contributed by atoms with Gasteiger partial charge in [0.25, 0.3) is 5.91 Å². The van der Waals surface area contributed by atoms with Crippen LogP contribution in [0.15, 0.2) is 30.3 Å². The Kier molecular flexibility index (Phi) is 5.27. The zero-order valence-corrected chi connectivity index (χ0v) is 13.8. The fourth-order valence-corrected chi connectivity index (χ4v) is 2.08. The molecule has 0 spiro atoms. The van der Waals surface area contributed by atoms with Crippen LogP contribution in [0.3, 0.4) is 0 Å². The Morgan fingerprint density at radius 2 is 1.84 bits per heavy atom. The number of hydrogen-bond donors (Lipinski definition) is 1. The average molecular weight is 373 g/mol. The van der Waals surface area contributed by atoms with Crippen molar-refractivity contribution in [2.45, 2.75) is 13.1 Å². The topological polar surface area (TPSA) is 75.2 Å². The van der Waals surface area contributed by atoms with Crippen LogP contribution in [0.1, 0.15) is 22.8 Å². The van der Waals surface area contributed by atoms with E-state index in [9.17, 15) is 22.8 Å². The number of nitrogens with zero attached hydrogens (tertiary/aromatic N) is 3. The number of nitrogens with one attached hydrogen (secondary N) is 1. The van der Waals surface area contributed by atoms with E-state index in [1.54, 1.807) is 0 Å². The van der Waals surface area contributed by atoms with Crippen LogP contribution in [-0.4, -0.2) is 29.1 Å². The van der Waals surface area contributed by atoms with Gasteiger partial charge in [-0.3, -0.25) is 14.5 Å². The second kappa shape index (κ2) is 7.06. The summed E-state index contributed by atoms with van der Waals surface area (Å²) in [5, 5.41) is 9.62. The lowest BCUT2D eigenvalue weighted by Crippen LogP contribution is -2.28. The number of carbonyl (C=O) groups excluding carboxylic acids is 2. The van der Waals surface area contributed by atoms with Crippen LogP contribution in [0.5, 0.6) is 0 Å². The average Bonchev–Trinajstić information content (AvgIpc) is 2.52. The molecule has 2 aromatic rings. The lowest BCUT2D eigenvalue weighted by molar-refractivity contribution is -0.137. The number of alkyl halides is 3. The molecule has 0 aliphatic carbocycles. The molecule has 0 aliphatic rings. The number of halogens is 4. The standard InChI is InChI=1S/C15H12ClF3N4O2/c1-8(24)20-11-6-9(5-10(7-11)15(17,18)19)14(25)23(2)13-4-3-12(16)21-22-13/h3-7H,1-2H3,(H,20,24). The van der Waals surface area contributed by atoms with Crippen LogP contribution in [-0.2, 0) is 11.0 Å². The summed E-state index contributed by atoms with van der Waals surface area (Å²) in [7, 11) is 1.33. The summed E-state index contributed by atoms with van der Waals surface area (Å²) >= 11 is 5.61. The van der Waals surface area contributed by atoms with Crippen molar-refractivity contribution in [2.24, 2.45) is 0 Å². The lowest BCUT2D eigenvalue weighted by atomic mass is 10.1. The number of carbonyl (C=O) groups is 2. The maximum Gasteiger partial charge on any atom is 0.416 e. The van der Waals surface area contributed by atoms with Gasteiger partial charge in [-0.2, -0.15) is 13.2 Å². The first-order valence-electron chi connectivity index (χ1n) is 6.85. The Morgan fingerprint density at radius 3 is 2.36 bits per heavy atom. The first kappa shape index (κ1) is 18.7. The molecule has 2 amide bonds. The molecule has 2 rings (SSSR count). The van der Waals surface area contributed by atoms with Gasteiger partial charge in [-0.15, -0.1) is 10.2 Å². The van der Waals surface area contributed by atoms with Gasteiger partial charge in [0.05, 0.1) is 5.56 Å². The van der Waals surface area contributed by atoms with Gasteiger partial charge in [-0.05, 0) is 30.3 Å². The van der Waals surface area contributed by atoms with Gasteiger partial charge in [0.2, 0.25) is 5.91 Å². The molecular formula is C15H12ClF3N4O2. The molecule has 0 radical (unpaired) electrons. The van der Waals surface area contributed by atoms with Crippen molar-refractivity contribution in [3.8, 4) is 0 Å². The molecule has 25 heavy (non-hydrogen) atoms. The fraction of sp³-hybridized carbons (Fsp3) is 0.200. The first-order valence-corrected chi connectivity index (χ1v) is 7.23. The Hall–Kier alpha value is -2.68. The van der Waals surface area contributed by atoms with Gasteiger partial charge in [0, 0.05) is 25.2 Å². The van der Waals surface area contributed by atoms with Crippen molar-refractivity contribution in [1.29, 1.82) is 0 Å². The number of rotatable bonds is 3. The van der Waals surface area contributed by atoms with Gasteiger partial charge in [-0.1, -0.05) is 11.6 Å². The monoisotopic (exact) mass is 372 g/mol. The quantitative estimate of drug-likeness (QED) is 0.896. The van der Waals surface area contributed by atoms with Crippen molar-refractivity contribution in [2.75, 3.05) is 17.3 Å². The molecule has 6 nitrogen and oxygen atoms in total. The van der Waals surface area contributed by atoms with E-state index in [4.69, 9.17) is 11.6 Å². The predicted octanol–water partition coefficient (Wildman–Crippen LogP) is 3.38. The molecule has 1 N–H and O–H groups in total. The van der Waals surface area contributed by atoms with E-state index in [-0.39, 0.29) is 22.2 Å². The molecule has 0 saturated heterocycles. The second-order valence-corrected chi connectivity index (χ2v) is 5.44. The normalized spacial score (nSPS) is 11.1. The fourth-order valence-electron chi connectivity index (χ4n) is 1.98. The minimum Gasteiger partial charge on any atom is -0.326 e. The number of amides is 2.